The Kier molecular flexibility index (Phi) is 2.59. The number of benzene rings is 1. The minimum atomic E-state index is -4.84. The summed E-state index contributed by atoms with van der Waals surface area (Å²) in [5, 5.41) is 0. The molecule has 0 aromatic heterocycles. The first-order valence-electron chi connectivity index (χ1n) is 5.99. The molecular formula is C12H12F3NO3S. The van der Waals surface area contributed by atoms with Crippen molar-refractivity contribution in [3.8, 4) is 0 Å². The van der Waals surface area contributed by atoms with E-state index in [-0.39, 0.29) is 17.1 Å². The molecule has 2 atom stereocenters. The summed E-state index contributed by atoms with van der Waals surface area (Å²) >= 11 is 0. The summed E-state index contributed by atoms with van der Waals surface area (Å²) in [6.45, 7) is 2.73. The van der Waals surface area contributed by atoms with Crippen LogP contribution in [0.15, 0.2) is 23.1 Å². The summed E-state index contributed by atoms with van der Waals surface area (Å²) in [4.78, 5) is -0.327. The summed E-state index contributed by atoms with van der Waals surface area (Å²) < 4.78 is 71.0. The number of aryl methyl sites for hydroxylation is 1. The van der Waals surface area contributed by atoms with Gasteiger partial charge in [-0.05, 0) is 19.9 Å². The van der Waals surface area contributed by atoms with Gasteiger partial charge in [0.05, 0.1) is 11.5 Å². The van der Waals surface area contributed by atoms with Gasteiger partial charge in [0.25, 0.3) is 5.72 Å². The van der Waals surface area contributed by atoms with Crippen LogP contribution in [0.1, 0.15) is 18.1 Å². The standard InChI is InChI=1S/C12H12F3NO3S/c1-7-3-4-10-9(5-7)11(12(13,14)15)16(20(10,17)18)8(2)6-19-11/h3-5,8H,6H2,1-2H3/t8-,11-/m1/s1. The zero-order chi connectivity index (χ0) is 14.9. The Balaban J connectivity index is 2.41. The van der Waals surface area contributed by atoms with Crippen LogP contribution in [-0.4, -0.2) is 31.5 Å². The van der Waals surface area contributed by atoms with Crippen molar-refractivity contribution in [2.24, 2.45) is 0 Å². The number of sulfonamides is 1. The summed E-state index contributed by atoms with van der Waals surface area (Å²) in [6, 6.07) is 3.06. The zero-order valence-corrected chi connectivity index (χ0v) is 11.5. The average molecular weight is 307 g/mol. The molecule has 3 rings (SSSR count). The van der Waals surface area contributed by atoms with E-state index in [9.17, 15) is 21.6 Å². The Morgan fingerprint density at radius 2 is 2.05 bits per heavy atom. The van der Waals surface area contributed by atoms with Crippen LogP contribution < -0.4 is 0 Å². The number of hydrogen-bond acceptors (Lipinski definition) is 3. The molecule has 0 aliphatic carbocycles. The predicted octanol–water partition coefficient (Wildman–Crippen LogP) is 2.13. The van der Waals surface area contributed by atoms with Crippen molar-refractivity contribution in [3.05, 3.63) is 29.3 Å². The normalized spacial score (nSPS) is 32.1. The lowest BCUT2D eigenvalue weighted by Gasteiger charge is -2.32. The van der Waals surface area contributed by atoms with Gasteiger partial charge in [-0.25, -0.2) is 8.42 Å². The monoisotopic (exact) mass is 307 g/mol. The van der Waals surface area contributed by atoms with Crippen molar-refractivity contribution < 1.29 is 26.3 Å². The maximum atomic E-state index is 13.6. The number of nitrogens with zero attached hydrogens (tertiary/aromatic N) is 1. The summed E-state index contributed by atoms with van der Waals surface area (Å²) in [6.07, 6.45) is -4.84. The minimum Gasteiger partial charge on any atom is -0.346 e. The van der Waals surface area contributed by atoms with Gasteiger partial charge in [-0.3, -0.25) is 0 Å². The molecule has 1 aromatic rings. The van der Waals surface area contributed by atoms with Crippen LogP contribution in [0.25, 0.3) is 0 Å². The van der Waals surface area contributed by atoms with E-state index >= 15 is 0 Å². The molecule has 0 radical (unpaired) electrons. The third-order valence-electron chi connectivity index (χ3n) is 3.67. The minimum absolute atomic E-state index is 0.286. The zero-order valence-electron chi connectivity index (χ0n) is 10.7. The fourth-order valence-corrected chi connectivity index (χ4v) is 4.94. The largest absolute Gasteiger partial charge is 0.437 e. The molecule has 0 unspecified atom stereocenters. The van der Waals surface area contributed by atoms with Crippen molar-refractivity contribution in [2.45, 2.75) is 36.7 Å². The summed E-state index contributed by atoms with van der Waals surface area (Å²) in [5.74, 6) is 0. The highest BCUT2D eigenvalue weighted by Crippen LogP contribution is 2.57. The maximum Gasteiger partial charge on any atom is 0.437 e. The van der Waals surface area contributed by atoms with Crippen LogP contribution >= 0.6 is 0 Å². The number of halogens is 3. The SMILES string of the molecule is Cc1ccc2c(c1)[C@]1(C(F)(F)F)OC[C@@H](C)N1S2(=O)=O. The number of alkyl halides is 3. The van der Waals surface area contributed by atoms with E-state index in [1.165, 1.54) is 25.1 Å². The Morgan fingerprint density at radius 3 is 2.65 bits per heavy atom. The first kappa shape index (κ1) is 13.8. The number of hydrogen-bond donors (Lipinski definition) is 0. The van der Waals surface area contributed by atoms with Crippen LogP contribution in [-0.2, 0) is 20.5 Å². The molecule has 1 aromatic carbocycles. The van der Waals surface area contributed by atoms with Crippen molar-refractivity contribution in [3.63, 3.8) is 0 Å². The van der Waals surface area contributed by atoms with E-state index in [0.29, 0.717) is 9.87 Å². The fourth-order valence-electron chi connectivity index (χ4n) is 2.88. The highest BCUT2D eigenvalue weighted by atomic mass is 32.2. The van der Waals surface area contributed by atoms with Gasteiger partial charge < -0.3 is 4.74 Å². The molecule has 0 bridgehead atoms. The second kappa shape index (κ2) is 3.75. The molecule has 20 heavy (non-hydrogen) atoms. The molecule has 0 spiro atoms. The number of rotatable bonds is 0. The van der Waals surface area contributed by atoms with Gasteiger partial charge >= 0.3 is 6.18 Å². The second-order valence-corrected chi connectivity index (χ2v) is 6.89. The van der Waals surface area contributed by atoms with E-state index in [4.69, 9.17) is 4.74 Å². The Hall–Kier alpha value is -1.12. The Bertz CT molecular complexity index is 686. The van der Waals surface area contributed by atoms with E-state index in [2.05, 4.69) is 0 Å². The highest BCUT2D eigenvalue weighted by molar-refractivity contribution is 7.89. The Labute approximate surface area is 114 Å². The average Bonchev–Trinajstić information content (AvgIpc) is 2.75. The van der Waals surface area contributed by atoms with E-state index in [1.54, 1.807) is 6.92 Å². The van der Waals surface area contributed by atoms with E-state index < -0.39 is 28.0 Å². The molecule has 2 heterocycles. The van der Waals surface area contributed by atoms with Gasteiger partial charge in [-0.1, -0.05) is 17.7 Å². The lowest BCUT2D eigenvalue weighted by molar-refractivity contribution is -0.297. The van der Waals surface area contributed by atoms with Gasteiger partial charge in [0.15, 0.2) is 0 Å². The van der Waals surface area contributed by atoms with Gasteiger partial charge in [-0.15, -0.1) is 4.31 Å². The van der Waals surface area contributed by atoms with Crippen LogP contribution in [0.5, 0.6) is 0 Å². The lowest BCUT2D eigenvalue weighted by Crippen LogP contribution is -2.52. The molecule has 8 heteroatoms. The molecule has 1 fully saturated rings. The maximum absolute atomic E-state index is 13.6. The summed E-state index contributed by atoms with van der Waals surface area (Å²) in [5.41, 5.74) is -2.67. The van der Waals surface area contributed by atoms with Gasteiger partial charge in [0.1, 0.15) is 0 Å². The molecular weight excluding hydrogens is 295 g/mol. The first-order valence-corrected chi connectivity index (χ1v) is 7.43. The van der Waals surface area contributed by atoms with Crippen molar-refractivity contribution in [1.29, 1.82) is 0 Å². The van der Waals surface area contributed by atoms with Crippen LogP contribution in [0, 0.1) is 6.92 Å². The molecule has 4 nitrogen and oxygen atoms in total. The third kappa shape index (κ3) is 1.41. The lowest BCUT2D eigenvalue weighted by atomic mass is 10.00. The molecule has 0 saturated carbocycles. The van der Waals surface area contributed by atoms with Crippen molar-refractivity contribution in [2.75, 3.05) is 6.61 Å². The molecule has 2 aliphatic heterocycles. The van der Waals surface area contributed by atoms with Crippen LogP contribution in [0.4, 0.5) is 13.2 Å². The molecule has 110 valence electrons. The highest BCUT2D eigenvalue weighted by Gasteiger charge is 2.73. The topological polar surface area (TPSA) is 46.6 Å². The smallest absolute Gasteiger partial charge is 0.346 e. The van der Waals surface area contributed by atoms with E-state index in [0.717, 1.165) is 0 Å². The van der Waals surface area contributed by atoms with Gasteiger partial charge in [-0.2, -0.15) is 13.2 Å². The molecule has 2 aliphatic rings. The van der Waals surface area contributed by atoms with Crippen LogP contribution in [0.2, 0.25) is 0 Å². The van der Waals surface area contributed by atoms with E-state index in [1.807, 2.05) is 0 Å². The molecule has 1 saturated heterocycles. The molecule has 0 N–H and O–H groups in total. The van der Waals surface area contributed by atoms with Gasteiger partial charge in [0.2, 0.25) is 10.0 Å². The second-order valence-electron chi connectivity index (χ2n) is 5.10. The van der Waals surface area contributed by atoms with Gasteiger partial charge in [0, 0.05) is 11.6 Å². The predicted molar refractivity (Wildman–Crippen MR) is 63.4 cm³/mol. The van der Waals surface area contributed by atoms with Crippen LogP contribution in [0.3, 0.4) is 0 Å². The first-order chi connectivity index (χ1) is 9.12. The number of ether oxygens (including phenoxy) is 1. The van der Waals surface area contributed by atoms with Crippen molar-refractivity contribution >= 4 is 10.0 Å². The third-order valence-corrected chi connectivity index (χ3v) is 5.71. The number of fused-ring (bicyclic) bond motifs is 3. The molecule has 0 amide bonds. The summed E-state index contributed by atoms with van der Waals surface area (Å²) in [7, 11) is -4.20. The quantitative estimate of drug-likeness (QED) is 0.738. The van der Waals surface area contributed by atoms with Crippen molar-refractivity contribution in [1.82, 2.24) is 4.31 Å². The Morgan fingerprint density at radius 1 is 1.40 bits per heavy atom. The fraction of sp³-hybridized carbons (Fsp3) is 0.500.